The number of aryl methyl sites for hydroxylation is 2. The summed E-state index contributed by atoms with van der Waals surface area (Å²) in [6.07, 6.45) is 0.566. The van der Waals surface area contributed by atoms with E-state index in [2.05, 4.69) is 25.3 Å². The van der Waals surface area contributed by atoms with Gasteiger partial charge in [-0.15, -0.1) is 0 Å². The van der Waals surface area contributed by atoms with Crippen LogP contribution < -0.4 is 20.1 Å². The van der Waals surface area contributed by atoms with Gasteiger partial charge < -0.3 is 20.3 Å². The Balaban J connectivity index is 1.55. The standard InChI is InChI=1S/C30H36N6O5S/c1-19-8-6-9-20(2)25(19)23-17-24-33-27(32-23)35-42(39,40)22-11-7-10-21(16-22)26(37)34-30(41-24)12-14-36(15-13-30)28(38)31-18-29(3,4)5/h6-11,16-17H,12-15,18H2,1-5H3,(H,31,38)(H,34,37)(H,32,33,35). The molecule has 1 saturated heterocycles. The van der Waals surface area contributed by atoms with Crippen LogP contribution in [0.3, 0.4) is 0 Å². The molecule has 0 radical (unpaired) electrons. The minimum atomic E-state index is -4.12. The van der Waals surface area contributed by atoms with Crippen molar-refractivity contribution in [3.8, 4) is 17.1 Å². The molecular weight excluding hydrogens is 556 g/mol. The third kappa shape index (κ3) is 6.33. The van der Waals surface area contributed by atoms with Gasteiger partial charge in [0.1, 0.15) is 0 Å². The molecule has 2 aliphatic rings. The van der Waals surface area contributed by atoms with Crippen LogP contribution >= 0.6 is 0 Å². The highest BCUT2D eigenvalue weighted by atomic mass is 32.2. The van der Waals surface area contributed by atoms with E-state index in [4.69, 9.17) is 4.74 Å². The summed E-state index contributed by atoms with van der Waals surface area (Å²) in [5, 5.41) is 5.97. The third-order valence-electron chi connectivity index (χ3n) is 7.34. The van der Waals surface area contributed by atoms with Crippen LogP contribution in [0, 0.1) is 19.3 Å². The van der Waals surface area contributed by atoms with Crippen LogP contribution in [0.5, 0.6) is 5.88 Å². The molecule has 5 rings (SSSR count). The van der Waals surface area contributed by atoms with Gasteiger partial charge in [-0.25, -0.2) is 22.9 Å². The fraction of sp³-hybridized carbons (Fsp3) is 0.400. The fourth-order valence-corrected chi connectivity index (χ4v) is 6.10. The maximum absolute atomic E-state index is 13.5. The van der Waals surface area contributed by atoms with Crippen molar-refractivity contribution in [1.82, 2.24) is 25.5 Å². The molecule has 1 aromatic heterocycles. The molecule has 2 aromatic carbocycles. The van der Waals surface area contributed by atoms with E-state index in [0.717, 1.165) is 16.7 Å². The second-order valence-corrected chi connectivity index (χ2v) is 13.8. The number of aromatic nitrogens is 2. The number of hydrogen-bond acceptors (Lipinski definition) is 7. The smallest absolute Gasteiger partial charge is 0.317 e. The zero-order chi connectivity index (χ0) is 30.3. The number of nitrogens with zero attached hydrogens (tertiary/aromatic N) is 3. The first-order valence-corrected chi connectivity index (χ1v) is 15.3. The number of anilines is 1. The Kier molecular flexibility index (Phi) is 7.61. The lowest BCUT2D eigenvalue weighted by Gasteiger charge is -2.42. The van der Waals surface area contributed by atoms with Gasteiger partial charge in [-0.2, -0.15) is 4.98 Å². The highest BCUT2D eigenvalue weighted by Crippen LogP contribution is 2.33. The molecule has 0 atom stereocenters. The first kappa shape index (κ1) is 29.3. The number of hydrogen-bond donors (Lipinski definition) is 3. The van der Waals surface area contributed by atoms with E-state index in [1.54, 1.807) is 11.0 Å². The molecule has 0 saturated carbocycles. The summed E-state index contributed by atoms with van der Waals surface area (Å²) in [7, 11) is -4.12. The van der Waals surface area contributed by atoms with Crippen molar-refractivity contribution in [2.24, 2.45) is 5.41 Å². The number of carbonyl (C=O) groups is 2. The average Bonchev–Trinajstić information content (AvgIpc) is 2.91. The summed E-state index contributed by atoms with van der Waals surface area (Å²) >= 11 is 0. The number of fused-ring (bicyclic) bond motifs is 4. The molecule has 3 heterocycles. The summed E-state index contributed by atoms with van der Waals surface area (Å²) in [5.74, 6) is -0.561. The molecule has 11 nitrogen and oxygen atoms in total. The Morgan fingerprint density at radius 1 is 1.05 bits per heavy atom. The SMILES string of the molecule is Cc1cccc(C)c1-c1cc2nc(n1)NS(=O)(=O)c1cccc(c1)C(=O)NC1(CCN(C(=O)NCC(C)(C)C)CC1)O2. The number of sulfonamides is 1. The van der Waals surface area contributed by atoms with Gasteiger partial charge in [0.15, 0.2) is 5.72 Å². The minimum absolute atomic E-state index is 0.0643. The molecule has 2 aliphatic heterocycles. The van der Waals surface area contributed by atoms with E-state index in [9.17, 15) is 18.0 Å². The van der Waals surface area contributed by atoms with Crippen LogP contribution in [0.1, 0.15) is 55.1 Å². The maximum atomic E-state index is 13.5. The molecule has 12 heteroatoms. The topological polar surface area (TPSA) is 143 Å². The van der Waals surface area contributed by atoms with Gasteiger partial charge in [0.05, 0.1) is 10.6 Å². The molecule has 0 aliphatic carbocycles. The van der Waals surface area contributed by atoms with Crippen LogP contribution in [-0.2, 0) is 10.0 Å². The average molecular weight is 593 g/mol. The van der Waals surface area contributed by atoms with Gasteiger partial charge in [-0.05, 0) is 48.6 Å². The second-order valence-electron chi connectivity index (χ2n) is 12.1. The van der Waals surface area contributed by atoms with E-state index in [1.165, 1.54) is 24.3 Å². The largest absolute Gasteiger partial charge is 0.451 e. The number of carbonyl (C=O) groups excluding carboxylic acids is 2. The number of nitrogens with one attached hydrogen (secondary N) is 3. The fourth-order valence-electron chi connectivity index (χ4n) is 5.11. The lowest BCUT2D eigenvalue weighted by Crippen LogP contribution is -2.60. The van der Waals surface area contributed by atoms with Gasteiger partial charge in [-0.3, -0.25) is 4.79 Å². The summed E-state index contributed by atoms with van der Waals surface area (Å²) < 4.78 is 35.5. The lowest BCUT2D eigenvalue weighted by molar-refractivity contribution is -0.0162. The second kappa shape index (κ2) is 10.9. The van der Waals surface area contributed by atoms with E-state index in [1.807, 2.05) is 52.8 Å². The van der Waals surface area contributed by atoms with Crippen molar-refractivity contribution >= 4 is 27.9 Å². The van der Waals surface area contributed by atoms with Crippen LogP contribution in [0.2, 0.25) is 0 Å². The monoisotopic (exact) mass is 592 g/mol. The summed E-state index contributed by atoms with van der Waals surface area (Å²) in [5.41, 5.74) is 2.07. The normalized spacial score (nSPS) is 17.6. The van der Waals surface area contributed by atoms with E-state index >= 15 is 0 Å². The number of ether oxygens (including phenoxy) is 1. The Hall–Kier alpha value is -4.19. The number of likely N-dealkylation sites (tertiary alicyclic amines) is 1. The molecule has 3 amide bonds. The molecule has 222 valence electrons. The van der Waals surface area contributed by atoms with Crippen molar-refractivity contribution in [3.05, 3.63) is 65.2 Å². The molecule has 3 aromatic rings. The first-order valence-electron chi connectivity index (χ1n) is 13.9. The van der Waals surface area contributed by atoms with Gasteiger partial charge in [-0.1, -0.05) is 45.0 Å². The van der Waals surface area contributed by atoms with E-state index in [0.29, 0.717) is 25.3 Å². The molecule has 1 fully saturated rings. The van der Waals surface area contributed by atoms with Crippen LogP contribution in [0.4, 0.5) is 10.7 Å². The lowest BCUT2D eigenvalue weighted by atomic mass is 9.97. The third-order valence-corrected chi connectivity index (χ3v) is 8.67. The quantitative estimate of drug-likeness (QED) is 0.404. The van der Waals surface area contributed by atoms with E-state index in [-0.39, 0.29) is 46.6 Å². The van der Waals surface area contributed by atoms with Gasteiger partial charge in [0.25, 0.3) is 15.9 Å². The molecular formula is C30H36N6O5S. The van der Waals surface area contributed by atoms with Crippen molar-refractivity contribution in [3.63, 3.8) is 0 Å². The Morgan fingerprint density at radius 2 is 1.71 bits per heavy atom. The van der Waals surface area contributed by atoms with Crippen molar-refractivity contribution in [2.75, 3.05) is 24.4 Å². The Bertz CT molecular complexity index is 1620. The van der Waals surface area contributed by atoms with E-state index < -0.39 is 21.7 Å². The summed E-state index contributed by atoms with van der Waals surface area (Å²) in [6.45, 7) is 11.2. The number of rotatable bonds is 2. The van der Waals surface area contributed by atoms with Crippen molar-refractivity contribution < 1.29 is 22.7 Å². The summed E-state index contributed by atoms with van der Waals surface area (Å²) in [6, 6.07) is 13.0. The summed E-state index contributed by atoms with van der Waals surface area (Å²) in [4.78, 5) is 36.9. The number of benzene rings is 2. The minimum Gasteiger partial charge on any atom is -0.451 e. The van der Waals surface area contributed by atoms with Crippen molar-refractivity contribution in [2.45, 2.75) is 58.1 Å². The number of urea groups is 1. The number of piperidine rings is 1. The predicted molar refractivity (Wildman–Crippen MR) is 159 cm³/mol. The van der Waals surface area contributed by atoms with Crippen LogP contribution in [-0.4, -0.2) is 60.6 Å². The number of amides is 3. The zero-order valence-electron chi connectivity index (χ0n) is 24.4. The van der Waals surface area contributed by atoms with Crippen molar-refractivity contribution in [1.29, 1.82) is 0 Å². The Morgan fingerprint density at radius 3 is 2.38 bits per heavy atom. The van der Waals surface area contributed by atoms with Gasteiger partial charge >= 0.3 is 6.03 Å². The molecule has 42 heavy (non-hydrogen) atoms. The first-order chi connectivity index (χ1) is 19.7. The maximum Gasteiger partial charge on any atom is 0.317 e. The molecule has 1 spiro atoms. The van der Waals surface area contributed by atoms with Gasteiger partial charge in [0.2, 0.25) is 11.8 Å². The zero-order valence-corrected chi connectivity index (χ0v) is 25.3. The van der Waals surface area contributed by atoms with Gasteiger partial charge in [0, 0.05) is 49.7 Å². The Labute approximate surface area is 246 Å². The van der Waals surface area contributed by atoms with Crippen LogP contribution in [0.15, 0.2) is 53.4 Å². The molecule has 3 N–H and O–H groups in total. The molecule has 4 bridgehead atoms. The molecule has 0 unspecified atom stereocenters. The highest BCUT2D eigenvalue weighted by molar-refractivity contribution is 7.92. The predicted octanol–water partition coefficient (Wildman–Crippen LogP) is 4.23. The van der Waals surface area contributed by atoms with Crippen LogP contribution in [0.25, 0.3) is 11.3 Å². The highest BCUT2D eigenvalue weighted by Gasteiger charge is 2.41.